The Balaban J connectivity index is 2.49. The van der Waals surface area contributed by atoms with Crippen molar-refractivity contribution in [3.63, 3.8) is 0 Å². The standard InChI is InChI=1S/C5H4F3NO3S/c6-5(7,8)4(11)9-2-1-13-12-3(2)10/h2H,1H2,(H,9,11). The molecule has 1 heterocycles. The van der Waals surface area contributed by atoms with E-state index in [4.69, 9.17) is 0 Å². The Morgan fingerprint density at radius 1 is 1.62 bits per heavy atom. The third kappa shape index (κ3) is 2.51. The lowest BCUT2D eigenvalue weighted by atomic mass is 10.3. The lowest BCUT2D eigenvalue weighted by molar-refractivity contribution is -0.174. The van der Waals surface area contributed by atoms with E-state index in [0.29, 0.717) is 12.0 Å². The van der Waals surface area contributed by atoms with Gasteiger partial charge in [0.1, 0.15) is 6.04 Å². The Bertz CT molecular complexity index is 242. The molecule has 0 saturated carbocycles. The molecule has 0 aromatic heterocycles. The molecule has 1 N–H and O–H groups in total. The van der Waals surface area contributed by atoms with E-state index in [-0.39, 0.29) is 5.75 Å². The van der Waals surface area contributed by atoms with Crippen LogP contribution in [0.5, 0.6) is 0 Å². The Labute approximate surface area is 75.0 Å². The maximum Gasteiger partial charge on any atom is 0.471 e. The predicted octanol–water partition coefficient (Wildman–Crippen LogP) is 0.238. The lowest BCUT2D eigenvalue weighted by Gasteiger charge is -2.09. The van der Waals surface area contributed by atoms with E-state index in [1.54, 1.807) is 0 Å². The topological polar surface area (TPSA) is 55.4 Å². The van der Waals surface area contributed by atoms with Crippen LogP contribution in [0.1, 0.15) is 0 Å². The molecule has 1 saturated heterocycles. The second-order valence-corrected chi connectivity index (χ2v) is 2.95. The summed E-state index contributed by atoms with van der Waals surface area (Å²) in [5.74, 6) is -2.99. The van der Waals surface area contributed by atoms with Crippen molar-refractivity contribution in [1.82, 2.24) is 5.32 Å². The number of nitrogens with one attached hydrogen (secondary N) is 1. The number of halogens is 3. The largest absolute Gasteiger partial charge is 0.471 e. The third-order valence-electron chi connectivity index (χ3n) is 1.22. The first-order valence-electron chi connectivity index (χ1n) is 3.12. The molecule has 4 nitrogen and oxygen atoms in total. The first-order valence-corrected chi connectivity index (χ1v) is 4.03. The van der Waals surface area contributed by atoms with Crippen molar-refractivity contribution in [3.8, 4) is 0 Å². The molecule has 1 aliphatic rings. The van der Waals surface area contributed by atoms with Crippen molar-refractivity contribution in [1.29, 1.82) is 0 Å². The molecular weight excluding hydrogens is 211 g/mol. The molecule has 1 amide bonds. The van der Waals surface area contributed by atoms with E-state index < -0.39 is 24.1 Å². The quantitative estimate of drug-likeness (QED) is 0.636. The fourth-order valence-corrected chi connectivity index (χ4v) is 1.28. The summed E-state index contributed by atoms with van der Waals surface area (Å²) in [6.45, 7) is 0. The summed E-state index contributed by atoms with van der Waals surface area (Å²) < 4.78 is 39.3. The second kappa shape index (κ2) is 3.44. The van der Waals surface area contributed by atoms with Gasteiger partial charge in [0, 0.05) is 0 Å². The summed E-state index contributed by atoms with van der Waals surface area (Å²) in [5.41, 5.74) is 0. The summed E-state index contributed by atoms with van der Waals surface area (Å²) in [6.07, 6.45) is -4.96. The SMILES string of the molecule is O=C1OSCC1NC(=O)C(F)(F)F. The average Bonchev–Trinajstić information content (AvgIpc) is 2.34. The third-order valence-corrected chi connectivity index (χ3v) is 1.97. The molecule has 0 aromatic rings. The van der Waals surface area contributed by atoms with Crippen LogP contribution in [0.4, 0.5) is 13.2 Å². The molecule has 0 aliphatic carbocycles. The minimum Gasteiger partial charge on any atom is -0.390 e. The van der Waals surface area contributed by atoms with E-state index in [1.165, 1.54) is 5.32 Å². The molecule has 0 spiro atoms. The van der Waals surface area contributed by atoms with Crippen LogP contribution in [0.3, 0.4) is 0 Å². The summed E-state index contributed by atoms with van der Waals surface area (Å²) in [4.78, 5) is 20.9. The highest BCUT2D eigenvalue weighted by molar-refractivity contribution is 7.95. The molecule has 13 heavy (non-hydrogen) atoms. The van der Waals surface area contributed by atoms with Crippen molar-refractivity contribution >= 4 is 23.9 Å². The van der Waals surface area contributed by atoms with Crippen molar-refractivity contribution < 1.29 is 26.9 Å². The number of hydrogen-bond acceptors (Lipinski definition) is 4. The fourth-order valence-electron chi connectivity index (χ4n) is 0.627. The normalized spacial score (nSPS) is 22.7. The van der Waals surface area contributed by atoms with Crippen LogP contribution in [-0.2, 0) is 13.8 Å². The minimum atomic E-state index is -4.96. The van der Waals surface area contributed by atoms with Crippen molar-refractivity contribution in [2.75, 3.05) is 5.75 Å². The van der Waals surface area contributed by atoms with Crippen LogP contribution >= 0.6 is 12.0 Å². The molecule has 1 fully saturated rings. The number of carbonyl (C=O) groups is 2. The number of alkyl halides is 3. The zero-order chi connectivity index (χ0) is 10.1. The van der Waals surface area contributed by atoms with Gasteiger partial charge < -0.3 is 9.50 Å². The van der Waals surface area contributed by atoms with Crippen molar-refractivity contribution in [2.24, 2.45) is 0 Å². The van der Waals surface area contributed by atoms with Gasteiger partial charge in [-0.1, -0.05) is 0 Å². The average molecular weight is 215 g/mol. The fraction of sp³-hybridized carbons (Fsp3) is 0.600. The van der Waals surface area contributed by atoms with E-state index >= 15 is 0 Å². The van der Waals surface area contributed by atoms with Gasteiger partial charge in [-0.3, -0.25) is 4.79 Å². The minimum absolute atomic E-state index is 0.000648. The van der Waals surface area contributed by atoms with Crippen LogP contribution < -0.4 is 5.32 Å². The molecule has 1 unspecified atom stereocenters. The van der Waals surface area contributed by atoms with Crippen molar-refractivity contribution in [3.05, 3.63) is 0 Å². The monoisotopic (exact) mass is 215 g/mol. The van der Waals surface area contributed by atoms with Gasteiger partial charge in [0.25, 0.3) is 0 Å². The van der Waals surface area contributed by atoms with Crippen LogP contribution in [0.2, 0.25) is 0 Å². The zero-order valence-electron chi connectivity index (χ0n) is 6.05. The van der Waals surface area contributed by atoms with Crippen molar-refractivity contribution in [2.45, 2.75) is 12.2 Å². The van der Waals surface area contributed by atoms with Crippen LogP contribution in [0, 0.1) is 0 Å². The smallest absolute Gasteiger partial charge is 0.390 e. The molecule has 0 aromatic carbocycles. The summed E-state index contributed by atoms with van der Waals surface area (Å²) in [5, 5.41) is 1.51. The Kier molecular flexibility index (Phi) is 2.69. The maximum atomic E-state index is 11.7. The van der Waals surface area contributed by atoms with Gasteiger partial charge in [0.05, 0.1) is 17.8 Å². The molecule has 74 valence electrons. The first kappa shape index (κ1) is 10.2. The van der Waals surface area contributed by atoms with E-state index in [1.807, 2.05) is 0 Å². The van der Waals surface area contributed by atoms with Crippen LogP contribution in [-0.4, -0.2) is 29.8 Å². The Morgan fingerprint density at radius 3 is 2.62 bits per heavy atom. The highest BCUT2D eigenvalue weighted by Crippen LogP contribution is 2.19. The second-order valence-electron chi connectivity index (χ2n) is 2.21. The van der Waals surface area contributed by atoms with E-state index in [0.717, 1.165) is 0 Å². The molecule has 0 radical (unpaired) electrons. The molecule has 1 aliphatic heterocycles. The molecule has 0 bridgehead atoms. The predicted molar refractivity (Wildman–Crippen MR) is 36.5 cm³/mol. The maximum absolute atomic E-state index is 11.7. The molecule has 1 atom stereocenters. The lowest BCUT2D eigenvalue weighted by Crippen LogP contribution is -2.46. The van der Waals surface area contributed by atoms with Gasteiger partial charge in [-0.25, -0.2) is 4.79 Å². The Morgan fingerprint density at radius 2 is 2.23 bits per heavy atom. The zero-order valence-corrected chi connectivity index (χ0v) is 6.87. The molecule has 1 rings (SSSR count). The van der Waals surface area contributed by atoms with Gasteiger partial charge in [-0.05, 0) is 0 Å². The van der Waals surface area contributed by atoms with Gasteiger partial charge in [0.2, 0.25) is 0 Å². The molecular formula is C5H4F3NO3S. The van der Waals surface area contributed by atoms with E-state index in [9.17, 15) is 22.8 Å². The van der Waals surface area contributed by atoms with Gasteiger partial charge in [-0.15, -0.1) is 0 Å². The van der Waals surface area contributed by atoms with Gasteiger partial charge in [0.15, 0.2) is 0 Å². The summed E-state index contributed by atoms with van der Waals surface area (Å²) >= 11 is 0.711. The highest BCUT2D eigenvalue weighted by Gasteiger charge is 2.42. The molecule has 8 heteroatoms. The summed E-state index contributed by atoms with van der Waals surface area (Å²) in [6, 6.07) is -1.20. The summed E-state index contributed by atoms with van der Waals surface area (Å²) in [7, 11) is 0. The van der Waals surface area contributed by atoms with E-state index in [2.05, 4.69) is 4.18 Å². The highest BCUT2D eigenvalue weighted by atomic mass is 32.2. The number of amides is 1. The van der Waals surface area contributed by atoms with Gasteiger partial charge in [-0.2, -0.15) is 13.2 Å². The van der Waals surface area contributed by atoms with Crippen LogP contribution in [0.25, 0.3) is 0 Å². The number of hydrogen-bond donors (Lipinski definition) is 1. The van der Waals surface area contributed by atoms with Crippen LogP contribution in [0.15, 0.2) is 0 Å². The number of carbonyl (C=O) groups excluding carboxylic acids is 2. The first-order chi connectivity index (χ1) is 5.91. The number of rotatable bonds is 1. The van der Waals surface area contributed by atoms with Gasteiger partial charge >= 0.3 is 18.1 Å². The Hall–Kier alpha value is -0.920.